The maximum absolute atomic E-state index is 13.8. The topological polar surface area (TPSA) is 83.1 Å². The summed E-state index contributed by atoms with van der Waals surface area (Å²) in [4.78, 5) is 27.3. The van der Waals surface area contributed by atoms with E-state index in [1.807, 2.05) is 85.8 Å². The molecule has 2 aliphatic rings. The van der Waals surface area contributed by atoms with Crippen LogP contribution in [0.1, 0.15) is 42.7 Å². The van der Waals surface area contributed by atoms with Gasteiger partial charge in [0, 0.05) is 29.3 Å². The van der Waals surface area contributed by atoms with Gasteiger partial charge >= 0.3 is 5.97 Å². The fraction of sp³-hybridized carbons (Fsp3) is 0.273. The van der Waals surface area contributed by atoms with E-state index in [1.165, 1.54) is 0 Å². The summed E-state index contributed by atoms with van der Waals surface area (Å²) >= 11 is 0. The largest absolute Gasteiger partial charge is 0.497 e. The summed E-state index contributed by atoms with van der Waals surface area (Å²) in [6.07, 6.45) is 0.998. The van der Waals surface area contributed by atoms with Gasteiger partial charge in [0.25, 0.3) is 0 Å². The highest BCUT2D eigenvalue weighted by Gasteiger charge is 2.41. The lowest BCUT2D eigenvalue weighted by molar-refractivity contribution is -0.140. The highest BCUT2D eigenvalue weighted by atomic mass is 16.6. The van der Waals surface area contributed by atoms with E-state index in [0.29, 0.717) is 41.2 Å². The van der Waals surface area contributed by atoms with E-state index in [9.17, 15) is 9.59 Å². The zero-order chi connectivity index (χ0) is 28.1. The molecule has 0 aromatic heterocycles. The molecule has 0 saturated carbocycles. The predicted molar refractivity (Wildman–Crippen MR) is 151 cm³/mol. The summed E-state index contributed by atoms with van der Waals surface area (Å²) < 4.78 is 22.1. The molecule has 0 amide bonds. The molecule has 5 rings (SSSR count). The van der Waals surface area contributed by atoms with Gasteiger partial charge in [0.2, 0.25) is 0 Å². The fourth-order valence-corrected chi connectivity index (χ4v) is 5.46. The number of hydrogen-bond donors (Lipinski definition) is 1. The Labute approximate surface area is 234 Å². The molecule has 0 unspecified atom stereocenters. The molecule has 0 fully saturated rings. The van der Waals surface area contributed by atoms with Crippen LogP contribution >= 0.6 is 0 Å². The zero-order valence-corrected chi connectivity index (χ0v) is 22.9. The third-order valence-corrected chi connectivity index (χ3v) is 7.39. The van der Waals surface area contributed by atoms with Crippen LogP contribution < -0.4 is 19.5 Å². The van der Waals surface area contributed by atoms with Gasteiger partial charge < -0.3 is 24.3 Å². The Hall–Kier alpha value is -4.52. The Morgan fingerprint density at radius 2 is 1.55 bits per heavy atom. The molecule has 0 bridgehead atoms. The number of hydrogen-bond acceptors (Lipinski definition) is 7. The van der Waals surface area contributed by atoms with Crippen LogP contribution in [0, 0.1) is 0 Å². The first-order valence-corrected chi connectivity index (χ1v) is 13.4. The van der Waals surface area contributed by atoms with E-state index in [0.717, 1.165) is 22.6 Å². The lowest BCUT2D eigenvalue weighted by atomic mass is 9.71. The standard InChI is InChI=1S/C33H33NO6/c1-21-30(33(36)40-17-16-39-26-9-5-4-6-10-26)31(23-8-7-11-27(18-23)38-3)32-28(34-21)19-24(20-29(32)35)22-12-14-25(37-2)15-13-22/h4-15,18,24,31,34H,16-17,19-20H2,1-3H3/t24-,31-/m1/s1. The molecule has 1 aliphatic heterocycles. The predicted octanol–water partition coefficient (Wildman–Crippen LogP) is 5.69. The molecule has 1 aliphatic carbocycles. The van der Waals surface area contributed by atoms with E-state index in [2.05, 4.69) is 5.32 Å². The van der Waals surface area contributed by atoms with E-state index < -0.39 is 11.9 Å². The van der Waals surface area contributed by atoms with E-state index in [1.54, 1.807) is 14.2 Å². The summed E-state index contributed by atoms with van der Waals surface area (Å²) in [6, 6.07) is 24.7. The van der Waals surface area contributed by atoms with E-state index in [4.69, 9.17) is 18.9 Å². The van der Waals surface area contributed by atoms with Crippen LogP contribution in [-0.2, 0) is 14.3 Å². The molecule has 7 nitrogen and oxygen atoms in total. The highest BCUT2D eigenvalue weighted by Crippen LogP contribution is 2.46. The molecule has 7 heteroatoms. The lowest BCUT2D eigenvalue weighted by Gasteiger charge is -2.36. The summed E-state index contributed by atoms with van der Waals surface area (Å²) in [5.74, 6) is 1.11. The summed E-state index contributed by atoms with van der Waals surface area (Å²) in [5, 5.41) is 3.40. The van der Waals surface area contributed by atoms with Gasteiger partial charge in [-0.25, -0.2) is 4.79 Å². The monoisotopic (exact) mass is 539 g/mol. The van der Waals surface area contributed by atoms with Crippen molar-refractivity contribution in [2.24, 2.45) is 0 Å². The number of esters is 1. The van der Waals surface area contributed by atoms with Crippen LogP contribution in [0.5, 0.6) is 17.2 Å². The van der Waals surface area contributed by atoms with Gasteiger partial charge in [-0.3, -0.25) is 4.79 Å². The molecule has 1 N–H and O–H groups in total. The number of carbonyl (C=O) groups is 2. The maximum atomic E-state index is 13.8. The molecule has 3 aromatic rings. The molecule has 206 valence electrons. The maximum Gasteiger partial charge on any atom is 0.336 e. The van der Waals surface area contributed by atoms with Crippen molar-refractivity contribution in [3.63, 3.8) is 0 Å². The quantitative estimate of drug-likeness (QED) is 0.276. The Bertz CT molecular complexity index is 1440. The minimum Gasteiger partial charge on any atom is -0.497 e. The van der Waals surface area contributed by atoms with Crippen molar-refractivity contribution in [3.8, 4) is 17.2 Å². The molecular formula is C33H33NO6. The van der Waals surface area contributed by atoms with Gasteiger partial charge in [-0.05, 0) is 66.8 Å². The number of methoxy groups -OCH3 is 2. The third-order valence-electron chi connectivity index (χ3n) is 7.39. The fourth-order valence-electron chi connectivity index (χ4n) is 5.46. The number of benzene rings is 3. The van der Waals surface area contributed by atoms with Crippen molar-refractivity contribution in [3.05, 3.63) is 113 Å². The van der Waals surface area contributed by atoms with Crippen molar-refractivity contribution >= 4 is 11.8 Å². The van der Waals surface area contributed by atoms with E-state index >= 15 is 0 Å². The number of para-hydroxylation sites is 1. The lowest BCUT2D eigenvalue weighted by Crippen LogP contribution is -2.36. The Morgan fingerprint density at radius 1 is 0.825 bits per heavy atom. The molecule has 0 spiro atoms. The Morgan fingerprint density at radius 3 is 2.27 bits per heavy atom. The van der Waals surface area contributed by atoms with Crippen molar-refractivity contribution < 1.29 is 28.5 Å². The first-order valence-electron chi connectivity index (χ1n) is 13.4. The smallest absolute Gasteiger partial charge is 0.336 e. The second-order valence-electron chi connectivity index (χ2n) is 9.86. The number of ether oxygens (including phenoxy) is 4. The van der Waals surface area contributed by atoms with Crippen LogP contribution in [0.25, 0.3) is 0 Å². The van der Waals surface area contributed by atoms with Crippen LogP contribution in [0.15, 0.2) is 101 Å². The molecule has 0 saturated heterocycles. The average molecular weight is 540 g/mol. The number of ketones is 1. The van der Waals surface area contributed by atoms with E-state index in [-0.39, 0.29) is 24.9 Å². The minimum absolute atomic E-state index is 0.00704. The highest BCUT2D eigenvalue weighted by molar-refractivity contribution is 6.04. The molecule has 0 radical (unpaired) electrons. The summed E-state index contributed by atoms with van der Waals surface area (Å²) in [6.45, 7) is 2.15. The van der Waals surface area contributed by atoms with Gasteiger partial charge in [0.15, 0.2) is 5.78 Å². The summed E-state index contributed by atoms with van der Waals surface area (Å²) in [7, 11) is 3.23. The van der Waals surface area contributed by atoms with Gasteiger partial charge in [-0.2, -0.15) is 0 Å². The average Bonchev–Trinajstić information content (AvgIpc) is 2.99. The van der Waals surface area contributed by atoms with Gasteiger partial charge in [0.1, 0.15) is 30.5 Å². The molecule has 3 aromatic carbocycles. The van der Waals surface area contributed by atoms with Crippen molar-refractivity contribution in [1.29, 1.82) is 0 Å². The van der Waals surface area contributed by atoms with Gasteiger partial charge in [-0.15, -0.1) is 0 Å². The minimum atomic E-state index is -0.571. The first kappa shape index (κ1) is 27.1. The zero-order valence-electron chi connectivity index (χ0n) is 22.9. The number of rotatable bonds is 9. The van der Waals surface area contributed by atoms with Crippen LogP contribution in [0.2, 0.25) is 0 Å². The third kappa shape index (κ3) is 5.73. The van der Waals surface area contributed by atoms with Crippen molar-refractivity contribution in [2.75, 3.05) is 27.4 Å². The Balaban J connectivity index is 1.42. The second-order valence-corrected chi connectivity index (χ2v) is 9.86. The number of nitrogens with one attached hydrogen (secondary N) is 1. The SMILES string of the molecule is COc1ccc([C@H]2CC(=O)C3=C(C2)NC(C)=C(C(=O)OCCOc2ccccc2)[C@H]3c2cccc(OC)c2)cc1. The van der Waals surface area contributed by atoms with Gasteiger partial charge in [0.05, 0.1) is 19.8 Å². The van der Waals surface area contributed by atoms with Crippen LogP contribution in [-0.4, -0.2) is 39.2 Å². The van der Waals surface area contributed by atoms with Crippen molar-refractivity contribution in [2.45, 2.75) is 31.6 Å². The van der Waals surface area contributed by atoms with Gasteiger partial charge in [-0.1, -0.05) is 42.5 Å². The second kappa shape index (κ2) is 12.1. The first-order chi connectivity index (χ1) is 19.5. The molecule has 2 atom stereocenters. The molecular weight excluding hydrogens is 506 g/mol. The number of dihydropyridines is 1. The number of allylic oxidation sites excluding steroid dienone is 3. The van der Waals surface area contributed by atoms with Crippen LogP contribution in [0.4, 0.5) is 0 Å². The van der Waals surface area contributed by atoms with Crippen molar-refractivity contribution in [1.82, 2.24) is 5.32 Å². The number of carbonyl (C=O) groups excluding carboxylic acids is 2. The molecule has 1 heterocycles. The summed E-state index contributed by atoms with van der Waals surface area (Å²) in [5.41, 5.74) is 4.41. The Kier molecular flexibility index (Phi) is 8.20. The normalized spacial score (nSPS) is 18.5. The van der Waals surface area contributed by atoms with Crippen LogP contribution in [0.3, 0.4) is 0 Å². The number of Topliss-reactive ketones (excluding diaryl/α,β-unsaturated/α-hetero) is 1. The molecule has 40 heavy (non-hydrogen) atoms.